The van der Waals surface area contributed by atoms with E-state index in [1.54, 1.807) is 0 Å². The first-order chi connectivity index (χ1) is 27.9. The SMILES string of the molecule is C.Cc1cc(COC2OCc3cc4ccccc4nc32)cc(-c2ccccc2)c1.Cc1cccc(COC2OCc3cc4ccccc4nc32)c1.Ic1ccccc1. The van der Waals surface area contributed by atoms with Crippen LogP contribution in [0.25, 0.3) is 32.9 Å². The van der Waals surface area contributed by atoms with Crippen LogP contribution in [0.3, 0.4) is 0 Å². The molecule has 0 spiro atoms. The first-order valence-electron chi connectivity index (χ1n) is 19.1. The monoisotopic (exact) mass is 878 g/mol. The second-order valence-electron chi connectivity index (χ2n) is 14.2. The first-order valence-corrected chi connectivity index (χ1v) is 20.2. The predicted molar refractivity (Wildman–Crippen MR) is 242 cm³/mol. The van der Waals surface area contributed by atoms with Crippen LogP contribution in [-0.4, -0.2) is 9.97 Å². The van der Waals surface area contributed by atoms with Gasteiger partial charge in [-0.1, -0.05) is 140 Å². The van der Waals surface area contributed by atoms with Crippen molar-refractivity contribution in [2.45, 2.75) is 60.3 Å². The summed E-state index contributed by atoms with van der Waals surface area (Å²) in [5.74, 6) is 0. The molecular weight excluding hydrogens is 831 g/mol. The Hall–Kier alpha value is -5.29. The topological polar surface area (TPSA) is 62.7 Å². The van der Waals surface area contributed by atoms with Gasteiger partial charge in [0.2, 0.25) is 12.6 Å². The fourth-order valence-corrected chi connectivity index (χ4v) is 7.45. The van der Waals surface area contributed by atoms with E-state index in [0.29, 0.717) is 26.4 Å². The number of rotatable bonds is 7. The number of benzene rings is 6. The average Bonchev–Trinajstić information content (AvgIpc) is 3.84. The smallest absolute Gasteiger partial charge is 0.202 e. The van der Waals surface area contributed by atoms with Crippen molar-refractivity contribution in [3.05, 3.63) is 212 Å². The van der Waals surface area contributed by atoms with Gasteiger partial charge in [-0.3, -0.25) is 0 Å². The number of ether oxygens (including phenoxy) is 4. The molecule has 6 aromatic carbocycles. The molecule has 0 aliphatic carbocycles. The lowest BCUT2D eigenvalue weighted by Crippen LogP contribution is -2.05. The molecule has 2 atom stereocenters. The maximum atomic E-state index is 6.13. The van der Waals surface area contributed by atoms with Gasteiger partial charge in [0.1, 0.15) is 11.4 Å². The Balaban J connectivity index is 0.000000152. The molecule has 2 aliphatic heterocycles. The fourth-order valence-electron chi connectivity index (χ4n) is 7.03. The zero-order chi connectivity index (χ0) is 39.0. The van der Waals surface area contributed by atoms with Crippen LogP contribution < -0.4 is 0 Å². The second-order valence-corrected chi connectivity index (χ2v) is 15.5. The maximum absolute atomic E-state index is 6.13. The van der Waals surface area contributed by atoms with Crippen molar-refractivity contribution < 1.29 is 18.9 Å². The van der Waals surface area contributed by atoms with Crippen molar-refractivity contribution in [2.24, 2.45) is 0 Å². The van der Waals surface area contributed by atoms with Crippen LogP contribution in [0.15, 0.2) is 164 Å². The molecule has 292 valence electrons. The molecule has 0 saturated carbocycles. The van der Waals surface area contributed by atoms with Gasteiger partial charge in [0.05, 0.1) is 37.5 Å². The minimum atomic E-state index is -0.416. The summed E-state index contributed by atoms with van der Waals surface area (Å²) in [4.78, 5) is 9.50. The third-order valence-corrected chi connectivity index (χ3v) is 10.5. The van der Waals surface area contributed by atoms with E-state index in [2.05, 4.69) is 134 Å². The van der Waals surface area contributed by atoms with Crippen molar-refractivity contribution >= 4 is 44.4 Å². The number of fused-ring (bicyclic) bond motifs is 4. The van der Waals surface area contributed by atoms with Crippen LogP contribution in [0.5, 0.6) is 0 Å². The third-order valence-electron chi connectivity index (χ3n) is 9.76. The fraction of sp³-hybridized carbons (Fsp3) is 0.176. The van der Waals surface area contributed by atoms with Gasteiger partial charge in [0.15, 0.2) is 0 Å². The third kappa shape index (κ3) is 10.2. The summed E-state index contributed by atoms with van der Waals surface area (Å²) in [6.07, 6.45) is -0.791. The number of aryl methyl sites for hydroxylation is 2. The van der Waals surface area contributed by atoms with Crippen molar-refractivity contribution in [3.8, 4) is 11.1 Å². The molecule has 0 fully saturated rings. The van der Waals surface area contributed by atoms with Crippen LogP contribution in [-0.2, 0) is 45.4 Å². The van der Waals surface area contributed by atoms with Gasteiger partial charge in [-0.25, -0.2) is 9.97 Å². The van der Waals surface area contributed by atoms with Crippen molar-refractivity contribution in [1.82, 2.24) is 9.97 Å². The molecular formula is C51H47IN2O4. The summed E-state index contributed by atoms with van der Waals surface area (Å²) in [7, 11) is 0. The summed E-state index contributed by atoms with van der Waals surface area (Å²) in [5.41, 5.74) is 13.1. The van der Waals surface area contributed by atoms with E-state index in [1.165, 1.54) is 25.8 Å². The molecule has 6 nitrogen and oxygen atoms in total. The Morgan fingerprint density at radius 1 is 0.517 bits per heavy atom. The van der Waals surface area contributed by atoms with Crippen LogP contribution in [0.4, 0.5) is 0 Å². The van der Waals surface area contributed by atoms with E-state index in [-0.39, 0.29) is 13.7 Å². The van der Waals surface area contributed by atoms with Crippen LogP contribution in [0, 0.1) is 17.4 Å². The molecule has 2 aromatic heterocycles. The van der Waals surface area contributed by atoms with Crippen LogP contribution >= 0.6 is 22.6 Å². The quantitative estimate of drug-likeness (QED) is 0.149. The Morgan fingerprint density at radius 2 is 1.03 bits per heavy atom. The van der Waals surface area contributed by atoms with E-state index in [4.69, 9.17) is 28.9 Å². The molecule has 0 amide bonds. The normalized spacial score (nSPS) is 15.0. The lowest BCUT2D eigenvalue weighted by atomic mass is 10.0. The van der Waals surface area contributed by atoms with Gasteiger partial charge in [-0.2, -0.15) is 0 Å². The zero-order valence-corrected chi connectivity index (χ0v) is 34.1. The molecule has 0 bridgehead atoms. The molecule has 0 radical (unpaired) electrons. The Kier molecular flexibility index (Phi) is 13.7. The van der Waals surface area contributed by atoms with Crippen molar-refractivity contribution in [1.29, 1.82) is 0 Å². The van der Waals surface area contributed by atoms with E-state index >= 15 is 0 Å². The molecule has 10 rings (SSSR count). The number of halogens is 1. The molecule has 2 unspecified atom stereocenters. The van der Waals surface area contributed by atoms with Crippen molar-refractivity contribution in [3.63, 3.8) is 0 Å². The molecule has 0 saturated heterocycles. The lowest BCUT2D eigenvalue weighted by molar-refractivity contribution is -0.147. The summed E-state index contributed by atoms with van der Waals surface area (Å²) in [6.45, 7) is 6.32. The van der Waals surface area contributed by atoms with E-state index in [9.17, 15) is 0 Å². The minimum absolute atomic E-state index is 0. The standard InChI is InChI=1S/C25H21NO2.C19H17NO2.C6H5I.CH4/c1-17-11-18(13-21(12-17)19-7-3-2-4-8-19)15-27-25-24-22(16-28-25)14-20-9-5-6-10-23(20)26-24;1-13-5-4-6-14(9-13)11-21-19-18-16(12-22-19)10-15-7-2-3-8-17(15)20-18;7-6-4-2-1-3-5-6;/h2-14,25H,15-16H2,1H3;2-10,19H,11-12H2,1H3;1-5H;1H4. The second kappa shape index (κ2) is 19.4. The molecule has 2 aliphatic rings. The summed E-state index contributed by atoms with van der Waals surface area (Å²) in [5, 5.41) is 2.28. The van der Waals surface area contributed by atoms with E-state index in [0.717, 1.165) is 55.4 Å². The molecule has 8 aromatic rings. The average molecular weight is 879 g/mol. The van der Waals surface area contributed by atoms with Crippen LogP contribution in [0.2, 0.25) is 0 Å². The Labute approximate surface area is 355 Å². The molecule has 7 heteroatoms. The lowest BCUT2D eigenvalue weighted by Gasteiger charge is -2.14. The number of pyridine rings is 2. The highest BCUT2D eigenvalue weighted by molar-refractivity contribution is 14.1. The highest BCUT2D eigenvalue weighted by Crippen LogP contribution is 2.34. The Morgan fingerprint density at radius 3 is 1.59 bits per heavy atom. The highest BCUT2D eigenvalue weighted by Gasteiger charge is 2.27. The molecule has 58 heavy (non-hydrogen) atoms. The summed E-state index contributed by atoms with van der Waals surface area (Å²) < 4.78 is 25.0. The van der Waals surface area contributed by atoms with E-state index < -0.39 is 6.29 Å². The van der Waals surface area contributed by atoms with Gasteiger partial charge in [-0.05, 0) is 101 Å². The van der Waals surface area contributed by atoms with Gasteiger partial charge >= 0.3 is 0 Å². The zero-order valence-electron chi connectivity index (χ0n) is 32.0. The van der Waals surface area contributed by atoms with Gasteiger partial charge in [-0.15, -0.1) is 0 Å². The minimum Gasteiger partial charge on any atom is -0.342 e. The number of aromatic nitrogens is 2. The highest BCUT2D eigenvalue weighted by atomic mass is 127. The number of para-hydroxylation sites is 2. The van der Waals surface area contributed by atoms with Crippen LogP contribution in [0.1, 0.15) is 64.8 Å². The first kappa shape index (κ1) is 40.9. The van der Waals surface area contributed by atoms with E-state index in [1.807, 2.05) is 66.7 Å². The number of hydrogen-bond acceptors (Lipinski definition) is 6. The van der Waals surface area contributed by atoms with Crippen molar-refractivity contribution in [2.75, 3.05) is 0 Å². The molecule has 0 N–H and O–H groups in total. The number of nitrogens with zero attached hydrogens (tertiary/aromatic N) is 2. The maximum Gasteiger partial charge on any atom is 0.202 e. The van der Waals surface area contributed by atoms with Gasteiger partial charge < -0.3 is 18.9 Å². The number of hydrogen-bond donors (Lipinski definition) is 0. The summed E-state index contributed by atoms with van der Waals surface area (Å²) in [6, 6.07) is 56.1. The van der Waals surface area contributed by atoms with Gasteiger partial charge in [0, 0.05) is 25.5 Å². The largest absolute Gasteiger partial charge is 0.342 e. The predicted octanol–water partition coefficient (Wildman–Crippen LogP) is 13.2. The van der Waals surface area contributed by atoms with Gasteiger partial charge in [0.25, 0.3) is 0 Å². The Bertz CT molecular complexity index is 2600. The molecule has 4 heterocycles. The summed E-state index contributed by atoms with van der Waals surface area (Å²) >= 11 is 2.28.